The summed E-state index contributed by atoms with van der Waals surface area (Å²) in [4.78, 5) is 14.7. The summed E-state index contributed by atoms with van der Waals surface area (Å²) in [5.41, 5.74) is 0.501. The Morgan fingerprint density at radius 3 is 2.65 bits per heavy atom. The smallest absolute Gasteiger partial charge is 0.263 e. The zero-order valence-electron chi connectivity index (χ0n) is 14.9. The van der Waals surface area contributed by atoms with Crippen molar-refractivity contribution >= 4 is 21.7 Å². The number of hydrogen-bond donors (Lipinski definition) is 1. The third-order valence-electron chi connectivity index (χ3n) is 4.64. The van der Waals surface area contributed by atoms with E-state index >= 15 is 0 Å². The molecule has 1 aromatic heterocycles. The van der Waals surface area contributed by atoms with Crippen molar-refractivity contribution in [1.29, 1.82) is 0 Å². The van der Waals surface area contributed by atoms with E-state index in [0.29, 0.717) is 11.3 Å². The summed E-state index contributed by atoms with van der Waals surface area (Å²) in [7, 11) is -3.78. The van der Waals surface area contributed by atoms with Crippen LogP contribution in [0.2, 0.25) is 0 Å². The van der Waals surface area contributed by atoms with E-state index in [9.17, 15) is 13.2 Å². The zero-order valence-corrected chi connectivity index (χ0v) is 15.8. The van der Waals surface area contributed by atoms with Crippen molar-refractivity contribution in [2.24, 2.45) is 0 Å². The minimum atomic E-state index is -3.78. The molecule has 1 fully saturated rings. The molecule has 1 saturated heterocycles. The second-order valence-corrected chi connectivity index (χ2v) is 8.19. The predicted molar refractivity (Wildman–Crippen MR) is 97.5 cm³/mol. The van der Waals surface area contributed by atoms with Crippen LogP contribution in [0.25, 0.3) is 0 Å². The molecule has 2 aromatic rings. The number of anilines is 1. The van der Waals surface area contributed by atoms with Gasteiger partial charge >= 0.3 is 0 Å². The van der Waals surface area contributed by atoms with Crippen LogP contribution in [0.15, 0.2) is 39.8 Å². The number of sulfonamides is 1. The maximum atomic E-state index is 12.8. The van der Waals surface area contributed by atoms with Crippen LogP contribution in [0.1, 0.15) is 48.7 Å². The molecule has 1 atom stereocenters. The van der Waals surface area contributed by atoms with E-state index in [1.165, 1.54) is 18.2 Å². The molecule has 1 aliphatic heterocycles. The van der Waals surface area contributed by atoms with E-state index in [0.717, 1.165) is 32.2 Å². The van der Waals surface area contributed by atoms with Gasteiger partial charge in [-0.05, 0) is 56.9 Å². The topological polar surface area (TPSA) is 92.5 Å². The average Bonchev–Trinajstić information content (AvgIpc) is 3.05. The molecule has 7 nitrogen and oxygen atoms in total. The van der Waals surface area contributed by atoms with E-state index in [2.05, 4.69) is 16.8 Å². The highest BCUT2D eigenvalue weighted by Crippen LogP contribution is 2.23. The van der Waals surface area contributed by atoms with Gasteiger partial charge in [-0.15, -0.1) is 0 Å². The van der Waals surface area contributed by atoms with Crippen LogP contribution in [0.4, 0.5) is 5.82 Å². The normalized spacial score (nSPS) is 17.9. The number of carbonyl (C=O) groups is 1. The molecule has 0 spiro atoms. The molecular formula is C18H23N3O4S. The second kappa shape index (κ2) is 7.49. The molecule has 0 saturated carbocycles. The van der Waals surface area contributed by atoms with Crippen molar-refractivity contribution in [2.45, 2.75) is 50.5 Å². The number of aryl methyl sites for hydroxylation is 1. The number of piperidine rings is 1. The predicted octanol–water partition coefficient (Wildman–Crippen LogP) is 3.19. The van der Waals surface area contributed by atoms with Gasteiger partial charge in [0.15, 0.2) is 5.82 Å². The fourth-order valence-electron chi connectivity index (χ4n) is 3.25. The maximum Gasteiger partial charge on any atom is 0.263 e. The van der Waals surface area contributed by atoms with E-state index < -0.39 is 10.0 Å². The molecule has 0 radical (unpaired) electrons. The minimum Gasteiger partial charge on any atom is -0.360 e. The summed E-state index contributed by atoms with van der Waals surface area (Å²) in [6, 6.07) is 7.76. The SMILES string of the molecule is CCC1CCCCN1C(=O)c1ccc(S(=O)(=O)Nc2cc(C)on2)cc1. The van der Waals surface area contributed by atoms with Crippen molar-refractivity contribution in [1.82, 2.24) is 10.1 Å². The zero-order chi connectivity index (χ0) is 18.7. The first-order valence-electron chi connectivity index (χ1n) is 8.78. The first-order valence-corrected chi connectivity index (χ1v) is 10.3. The highest BCUT2D eigenvalue weighted by molar-refractivity contribution is 7.92. The van der Waals surface area contributed by atoms with Crippen molar-refractivity contribution in [3.63, 3.8) is 0 Å². The Balaban J connectivity index is 1.76. The van der Waals surface area contributed by atoms with E-state index in [1.807, 2.05) is 4.90 Å². The van der Waals surface area contributed by atoms with Gasteiger partial charge in [0.05, 0.1) is 4.90 Å². The Hall–Kier alpha value is -2.35. The molecule has 8 heteroatoms. The van der Waals surface area contributed by atoms with Gasteiger partial charge in [0.1, 0.15) is 5.76 Å². The van der Waals surface area contributed by atoms with Gasteiger partial charge in [-0.1, -0.05) is 12.1 Å². The Morgan fingerprint density at radius 2 is 2.04 bits per heavy atom. The van der Waals surface area contributed by atoms with Gasteiger partial charge in [0, 0.05) is 24.2 Å². The highest BCUT2D eigenvalue weighted by atomic mass is 32.2. The lowest BCUT2D eigenvalue weighted by atomic mass is 9.99. The van der Waals surface area contributed by atoms with Crippen LogP contribution in [0.3, 0.4) is 0 Å². The third kappa shape index (κ3) is 3.90. The molecule has 0 aliphatic carbocycles. The van der Waals surface area contributed by atoms with E-state index in [4.69, 9.17) is 4.52 Å². The number of nitrogens with one attached hydrogen (secondary N) is 1. The number of likely N-dealkylation sites (tertiary alicyclic amines) is 1. The van der Waals surface area contributed by atoms with Crippen LogP contribution in [0.5, 0.6) is 0 Å². The Bertz CT molecular complexity index is 874. The standard InChI is InChI=1S/C18H23N3O4S/c1-3-15-6-4-5-11-21(15)18(22)14-7-9-16(10-8-14)26(23,24)20-17-12-13(2)25-19-17/h7-10,12,15H,3-6,11H2,1-2H3,(H,19,20). The molecule has 2 heterocycles. The van der Waals surface area contributed by atoms with Gasteiger partial charge in [0.25, 0.3) is 15.9 Å². The van der Waals surface area contributed by atoms with Crippen LogP contribution >= 0.6 is 0 Å². The molecule has 3 rings (SSSR count). The van der Waals surface area contributed by atoms with Gasteiger partial charge in [-0.25, -0.2) is 8.42 Å². The number of carbonyl (C=O) groups excluding carboxylic acids is 1. The summed E-state index contributed by atoms with van der Waals surface area (Å²) >= 11 is 0. The Kier molecular flexibility index (Phi) is 5.31. The first kappa shape index (κ1) is 18.4. The van der Waals surface area contributed by atoms with E-state index in [-0.39, 0.29) is 22.7 Å². The molecule has 1 amide bonds. The maximum absolute atomic E-state index is 12.8. The number of aromatic nitrogens is 1. The van der Waals surface area contributed by atoms with Crippen molar-refractivity contribution in [3.8, 4) is 0 Å². The van der Waals surface area contributed by atoms with Gasteiger partial charge in [-0.2, -0.15) is 0 Å². The number of benzene rings is 1. The van der Waals surface area contributed by atoms with Crippen molar-refractivity contribution in [2.75, 3.05) is 11.3 Å². The summed E-state index contributed by atoms with van der Waals surface area (Å²) in [6.45, 7) is 4.52. The Labute approximate surface area is 153 Å². The molecule has 26 heavy (non-hydrogen) atoms. The lowest BCUT2D eigenvalue weighted by Crippen LogP contribution is -2.43. The third-order valence-corrected chi connectivity index (χ3v) is 6.01. The monoisotopic (exact) mass is 377 g/mol. The van der Waals surface area contributed by atoms with Crippen molar-refractivity contribution < 1.29 is 17.7 Å². The average molecular weight is 377 g/mol. The quantitative estimate of drug-likeness (QED) is 0.864. The van der Waals surface area contributed by atoms with Crippen LogP contribution in [0, 0.1) is 6.92 Å². The molecule has 1 aromatic carbocycles. The van der Waals surface area contributed by atoms with Crippen molar-refractivity contribution in [3.05, 3.63) is 41.7 Å². The number of amides is 1. The molecule has 1 unspecified atom stereocenters. The van der Waals surface area contributed by atoms with E-state index in [1.54, 1.807) is 19.1 Å². The van der Waals surface area contributed by atoms with Gasteiger partial charge < -0.3 is 9.42 Å². The largest absolute Gasteiger partial charge is 0.360 e. The lowest BCUT2D eigenvalue weighted by Gasteiger charge is -2.35. The molecule has 0 bridgehead atoms. The number of hydrogen-bond acceptors (Lipinski definition) is 5. The summed E-state index contributed by atoms with van der Waals surface area (Å²) in [6.07, 6.45) is 4.11. The highest BCUT2D eigenvalue weighted by Gasteiger charge is 2.26. The Morgan fingerprint density at radius 1 is 1.31 bits per heavy atom. The summed E-state index contributed by atoms with van der Waals surface area (Å²) < 4.78 is 32.0. The fraction of sp³-hybridized carbons (Fsp3) is 0.444. The second-order valence-electron chi connectivity index (χ2n) is 6.51. The molecular weight excluding hydrogens is 354 g/mol. The number of nitrogens with zero attached hydrogens (tertiary/aromatic N) is 2. The number of rotatable bonds is 5. The minimum absolute atomic E-state index is 0.0411. The first-order chi connectivity index (χ1) is 12.4. The molecule has 1 N–H and O–H groups in total. The van der Waals surface area contributed by atoms with Crippen LogP contribution < -0.4 is 4.72 Å². The lowest BCUT2D eigenvalue weighted by molar-refractivity contribution is 0.0608. The summed E-state index contributed by atoms with van der Waals surface area (Å²) in [5.74, 6) is 0.595. The van der Waals surface area contributed by atoms with Gasteiger partial charge in [0.2, 0.25) is 0 Å². The fourth-order valence-corrected chi connectivity index (χ4v) is 4.23. The molecule has 1 aliphatic rings. The molecule has 140 valence electrons. The van der Waals surface area contributed by atoms with Crippen LogP contribution in [-0.4, -0.2) is 37.0 Å². The van der Waals surface area contributed by atoms with Gasteiger partial charge in [-0.3, -0.25) is 9.52 Å². The van der Waals surface area contributed by atoms with Crippen LogP contribution in [-0.2, 0) is 10.0 Å². The summed E-state index contributed by atoms with van der Waals surface area (Å²) in [5, 5.41) is 3.63.